The van der Waals surface area contributed by atoms with Gasteiger partial charge in [0.25, 0.3) is 5.91 Å². The summed E-state index contributed by atoms with van der Waals surface area (Å²) in [6.07, 6.45) is -1.02. The number of nitrogens with two attached hydrogens (primary N) is 1. The van der Waals surface area contributed by atoms with Gasteiger partial charge in [-0.1, -0.05) is 30.1 Å². The molecule has 2 aromatic carbocycles. The molecule has 0 spiro atoms. The largest absolute Gasteiger partial charge is 0.396 e. The van der Waals surface area contributed by atoms with Gasteiger partial charge < -0.3 is 16.2 Å². The van der Waals surface area contributed by atoms with Gasteiger partial charge in [0.15, 0.2) is 11.6 Å². The second-order valence-electron chi connectivity index (χ2n) is 5.83. The van der Waals surface area contributed by atoms with Crippen molar-refractivity contribution >= 4 is 63.1 Å². The van der Waals surface area contributed by atoms with E-state index in [4.69, 9.17) is 38.9 Å². The molecule has 0 aliphatic rings. The summed E-state index contributed by atoms with van der Waals surface area (Å²) in [6, 6.07) is 5.79. The van der Waals surface area contributed by atoms with Gasteiger partial charge in [0.05, 0.1) is 27.0 Å². The van der Waals surface area contributed by atoms with Crippen LogP contribution < -0.4 is 16.5 Å². The highest BCUT2D eigenvalue weighted by Crippen LogP contribution is 2.34. The topological polar surface area (TPSA) is 96.6 Å². The van der Waals surface area contributed by atoms with E-state index in [1.807, 2.05) is 28.1 Å². The fourth-order valence-corrected chi connectivity index (χ4v) is 3.11. The smallest absolute Gasteiger partial charge is 0.277 e. The highest BCUT2D eigenvalue weighted by molar-refractivity contribution is 14.1. The van der Waals surface area contributed by atoms with Gasteiger partial charge in [-0.25, -0.2) is 14.3 Å². The molecule has 0 bridgehead atoms. The predicted molar refractivity (Wildman–Crippen MR) is 112 cm³/mol. The summed E-state index contributed by atoms with van der Waals surface area (Å²) in [5.41, 5.74) is 7.13. The SMILES string of the molecule is CC(CO)C(N)ONC(=O)c1cc(Cl)c(F)c(F)c1Nc1ccc(I)cc1Cl. The second kappa shape index (κ2) is 9.99. The Morgan fingerprint density at radius 3 is 2.57 bits per heavy atom. The Hall–Kier alpha value is -1.24. The molecule has 152 valence electrons. The Kier molecular flexibility index (Phi) is 8.22. The van der Waals surface area contributed by atoms with E-state index in [-0.39, 0.29) is 22.9 Å². The van der Waals surface area contributed by atoms with E-state index >= 15 is 0 Å². The highest BCUT2D eigenvalue weighted by Gasteiger charge is 2.24. The summed E-state index contributed by atoms with van der Waals surface area (Å²) in [5.74, 6) is -4.09. The third kappa shape index (κ3) is 5.43. The molecule has 1 amide bonds. The second-order valence-corrected chi connectivity index (χ2v) is 7.89. The maximum absolute atomic E-state index is 14.5. The molecule has 0 radical (unpaired) electrons. The van der Waals surface area contributed by atoms with Crippen molar-refractivity contribution in [1.82, 2.24) is 5.48 Å². The Morgan fingerprint density at radius 1 is 1.29 bits per heavy atom. The summed E-state index contributed by atoms with van der Waals surface area (Å²) >= 11 is 13.8. The number of anilines is 2. The molecule has 0 aliphatic carbocycles. The van der Waals surface area contributed by atoms with Crippen molar-refractivity contribution in [1.29, 1.82) is 0 Å². The van der Waals surface area contributed by atoms with E-state index in [1.165, 1.54) is 0 Å². The number of aliphatic hydroxyl groups excluding tert-OH is 1. The molecule has 2 rings (SSSR count). The first-order valence-corrected chi connectivity index (χ1v) is 9.71. The number of halogens is 5. The predicted octanol–water partition coefficient (Wildman–Crippen LogP) is 4.19. The van der Waals surface area contributed by atoms with Gasteiger partial charge in [-0.2, -0.15) is 0 Å². The minimum absolute atomic E-state index is 0.239. The van der Waals surface area contributed by atoms with Crippen molar-refractivity contribution in [2.75, 3.05) is 11.9 Å². The van der Waals surface area contributed by atoms with Gasteiger partial charge in [-0.15, -0.1) is 0 Å². The maximum atomic E-state index is 14.5. The number of nitrogens with one attached hydrogen (secondary N) is 2. The standard InChI is InChI=1S/C17H16Cl2F2IN3O3/c1-7(6-26)16(23)28-25-17(27)9-5-11(19)13(20)14(21)15(9)24-12-3-2-8(22)4-10(12)18/h2-5,7,16,24,26H,6,23H2,1H3,(H,25,27). The average molecular weight is 546 g/mol. The van der Waals surface area contributed by atoms with Gasteiger partial charge in [0, 0.05) is 16.1 Å². The van der Waals surface area contributed by atoms with Crippen LogP contribution in [0.15, 0.2) is 24.3 Å². The first kappa shape index (κ1) is 23.0. The Bertz CT molecular complexity index is 889. The molecule has 0 saturated carbocycles. The Morgan fingerprint density at radius 2 is 1.96 bits per heavy atom. The van der Waals surface area contributed by atoms with Crippen LogP contribution in [-0.4, -0.2) is 23.8 Å². The summed E-state index contributed by atoms with van der Waals surface area (Å²) < 4.78 is 29.3. The van der Waals surface area contributed by atoms with Gasteiger partial charge >= 0.3 is 0 Å². The summed E-state index contributed by atoms with van der Waals surface area (Å²) in [4.78, 5) is 17.4. The number of aliphatic hydroxyl groups is 1. The van der Waals surface area contributed by atoms with Crippen LogP contribution in [-0.2, 0) is 4.84 Å². The molecular weight excluding hydrogens is 530 g/mol. The van der Waals surface area contributed by atoms with E-state index in [9.17, 15) is 13.6 Å². The van der Waals surface area contributed by atoms with E-state index in [1.54, 1.807) is 25.1 Å². The molecule has 2 atom stereocenters. The number of carbonyl (C=O) groups is 1. The molecule has 0 heterocycles. The van der Waals surface area contributed by atoms with Crippen LogP contribution in [0.4, 0.5) is 20.2 Å². The van der Waals surface area contributed by atoms with Crippen molar-refractivity contribution in [3.05, 3.63) is 55.1 Å². The number of benzene rings is 2. The van der Waals surface area contributed by atoms with Crippen LogP contribution >= 0.6 is 45.8 Å². The third-order valence-electron chi connectivity index (χ3n) is 3.73. The molecule has 0 saturated heterocycles. The summed E-state index contributed by atoms with van der Waals surface area (Å²) in [7, 11) is 0. The molecule has 28 heavy (non-hydrogen) atoms. The monoisotopic (exact) mass is 545 g/mol. The van der Waals surface area contributed by atoms with E-state index in [0.29, 0.717) is 0 Å². The lowest BCUT2D eigenvalue weighted by Crippen LogP contribution is -2.40. The zero-order valence-corrected chi connectivity index (χ0v) is 18.1. The number of hydrogen-bond donors (Lipinski definition) is 4. The van der Waals surface area contributed by atoms with Gasteiger partial charge in [-0.3, -0.25) is 9.63 Å². The van der Waals surface area contributed by atoms with Crippen molar-refractivity contribution in [3.8, 4) is 0 Å². The number of hydroxylamine groups is 1. The van der Waals surface area contributed by atoms with Crippen molar-refractivity contribution in [2.24, 2.45) is 11.7 Å². The van der Waals surface area contributed by atoms with Gasteiger partial charge in [0.1, 0.15) is 6.23 Å². The van der Waals surface area contributed by atoms with Crippen LogP contribution in [0.3, 0.4) is 0 Å². The number of hydrogen-bond acceptors (Lipinski definition) is 5. The van der Waals surface area contributed by atoms with E-state index < -0.39 is 40.4 Å². The summed E-state index contributed by atoms with van der Waals surface area (Å²) in [6.45, 7) is 1.32. The van der Waals surface area contributed by atoms with Crippen molar-refractivity contribution < 1.29 is 23.5 Å². The number of carbonyl (C=O) groups excluding carboxylic acids is 1. The molecule has 6 nitrogen and oxygen atoms in total. The zero-order valence-electron chi connectivity index (χ0n) is 14.4. The number of rotatable bonds is 7. The minimum Gasteiger partial charge on any atom is -0.396 e. The lowest BCUT2D eigenvalue weighted by Gasteiger charge is -2.19. The number of amides is 1. The highest BCUT2D eigenvalue weighted by atomic mass is 127. The molecule has 2 aromatic rings. The summed E-state index contributed by atoms with van der Waals surface area (Å²) in [5, 5.41) is 11.3. The fourth-order valence-electron chi connectivity index (χ4n) is 2.02. The third-order valence-corrected chi connectivity index (χ3v) is 4.99. The van der Waals surface area contributed by atoms with E-state index in [0.717, 1.165) is 9.64 Å². The minimum atomic E-state index is -1.36. The van der Waals surface area contributed by atoms with E-state index in [2.05, 4.69) is 5.32 Å². The normalized spacial score (nSPS) is 13.1. The molecule has 5 N–H and O–H groups in total. The van der Waals surface area contributed by atoms with Gasteiger partial charge in [0.2, 0.25) is 0 Å². The molecule has 2 unspecified atom stereocenters. The lowest BCUT2D eigenvalue weighted by molar-refractivity contribution is -0.0467. The Balaban J connectivity index is 2.36. The molecular formula is C17H16Cl2F2IN3O3. The molecule has 0 aromatic heterocycles. The maximum Gasteiger partial charge on any atom is 0.277 e. The first-order chi connectivity index (χ1) is 13.1. The molecule has 0 aliphatic heterocycles. The van der Waals surface area contributed by atoms with Crippen LogP contribution in [0.2, 0.25) is 10.0 Å². The first-order valence-electron chi connectivity index (χ1n) is 7.87. The molecule has 11 heteroatoms. The van der Waals surface area contributed by atoms with Crippen molar-refractivity contribution in [3.63, 3.8) is 0 Å². The quantitative estimate of drug-likeness (QED) is 0.181. The van der Waals surface area contributed by atoms with Crippen LogP contribution in [0.25, 0.3) is 0 Å². The average Bonchev–Trinajstić information content (AvgIpc) is 2.66. The van der Waals surface area contributed by atoms with Crippen LogP contribution in [0.5, 0.6) is 0 Å². The fraction of sp³-hybridized carbons (Fsp3) is 0.235. The Labute approximate surface area is 183 Å². The zero-order chi connectivity index (χ0) is 21.0. The van der Waals surface area contributed by atoms with Crippen LogP contribution in [0.1, 0.15) is 17.3 Å². The van der Waals surface area contributed by atoms with Gasteiger partial charge in [-0.05, 0) is 46.9 Å². The van der Waals surface area contributed by atoms with Crippen molar-refractivity contribution in [2.45, 2.75) is 13.2 Å². The lowest BCUT2D eigenvalue weighted by atomic mass is 10.1. The molecule has 0 fully saturated rings. The van der Waals surface area contributed by atoms with Crippen LogP contribution in [0, 0.1) is 21.1 Å².